The monoisotopic (exact) mass is 403 g/mol. The van der Waals surface area contributed by atoms with Crippen molar-refractivity contribution in [3.8, 4) is 0 Å². The van der Waals surface area contributed by atoms with Crippen LogP contribution in [0.15, 0.2) is 23.2 Å². The second kappa shape index (κ2) is 7.31. The number of rotatable bonds is 3. The molecule has 1 aliphatic heterocycles. The maximum absolute atomic E-state index is 14.2. The number of hydrogen-bond acceptors (Lipinski definition) is 3. The maximum atomic E-state index is 14.2. The molecular formula is C15H16BrClFN3O2. The van der Waals surface area contributed by atoms with Crippen molar-refractivity contribution in [3.05, 3.63) is 39.6 Å². The van der Waals surface area contributed by atoms with E-state index >= 15 is 0 Å². The molecule has 0 radical (unpaired) electrons. The highest BCUT2D eigenvalue weighted by molar-refractivity contribution is 9.10. The third-order valence-corrected chi connectivity index (χ3v) is 5.00. The van der Waals surface area contributed by atoms with Crippen molar-refractivity contribution in [1.82, 2.24) is 9.80 Å². The molecule has 8 heteroatoms. The topological polar surface area (TPSA) is 52.7 Å². The molecule has 1 aromatic rings. The summed E-state index contributed by atoms with van der Waals surface area (Å²) in [6, 6.07) is 1.43. The average molecular weight is 405 g/mol. The summed E-state index contributed by atoms with van der Waals surface area (Å²) in [5, 5.41) is 2.83. The van der Waals surface area contributed by atoms with Crippen LogP contribution in [0.3, 0.4) is 0 Å². The lowest BCUT2D eigenvalue weighted by Crippen LogP contribution is -2.50. The molecule has 1 N–H and O–H groups in total. The number of carbonyl (C=O) groups is 2. The highest BCUT2D eigenvalue weighted by atomic mass is 79.9. The standard InChI is InChI=1S/C15H16BrClFN3O2/c1-3-11(22)20-4-6-21(7-5-20)15(23)9-8-10(17)12(16)13(18)14(9)19-2/h3,8,19H,1,4-7H2,2H3. The maximum Gasteiger partial charge on any atom is 0.256 e. The molecule has 1 aromatic carbocycles. The van der Waals surface area contributed by atoms with E-state index in [0.717, 1.165) is 0 Å². The van der Waals surface area contributed by atoms with Gasteiger partial charge in [-0.3, -0.25) is 9.59 Å². The SMILES string of the molecule is C=CC(=O)N1CCN(C(=O)c2cc(Cl)c(Br)c(F)c2NC)CC1. The number of nitrogens with one attached hydrogen (secondary N) is 1. The molecule has 0 spiro atoms. The Morgan fingerprint density at radius 2 is 1.91 bits per heavy atom. The Balaban J connectivity index is 2.22. The minimum absolute atomic E-state index is 0.0934. The van der Waals surface area contributed by atoms with Gasteiger partial charge in [0.1, 0.15) is 0 Å². The van der Waals surface area contributed by atoms with Gasteiger partial charge in [-0.15, -0.1) is 0 Å². The zero-order valence-electron chi connectivity index (χ0n) is 12.5. The fourth-order valence-corrected chi connectivity index (χ4v) is 2.94. The van der Waals surface area contributed by atoms with Gasteiger partial charge in [0, 0.05) is 33.2 Å². The van der Waals surface area contributed by atoms with Crippen molar-refractivity contribution in [1.29, 1.82) is 0 Å². The van der Waals surface area contributed by atoms with Crippen molar-refractivity contribution < 1.29 is 14.0 Å². The van der Waals surface area contributed by atoms with Gasteiger partial charge in [-0.1, -0.05) is 18.2 Å². The summed E-state index contributed by atoms with van der Waals surface area (Å²) in [4.78, 5) is 27.4. The molecule has 0 bridgehead atoms. The highest BCUT2D eigenvalue weighted by Crippen LogP contribution is 2.34. The predicted molar refractivity (Wildman–Crippen MR) is 91.3 cm³/mol. The third-order valence-electron chi connectivity index (χ3n) is 3.70. The van der Waals surface area contributed by atoms with Crippen LogP contribution in [-0.4, -0.2) is 54.8 Å². The van der Waals surface area contributed by atoms with Crippen LogP contribution in [0.2, 0.25) is 5.02 Å². The van der Waals surface area contributed by atoms with E-state index in [1.165, 1.54) is 19.2 Å². The van der Waals surface area contributed by atoms with Gasteiger partial charge in [0.2, 0.25) is 5.91 Å². The van der Waals surface area contributed by atoms with Crippen LogP contribution in [-0.2, 0) is 4.79 Å². The molecule has 23 heavy (non-hydrogen) atoms. The number of nitrogens with zero attached hydrogens (tertiary/aromatic N) is 2. The number of piperazine rings is 1. The number of halogens is 3. The van der Waals surface area contributed by atoms with E-state index in [1.807, 2.05) is 0 Å². The fraction of sp³-hybridized carbons (Fsp3) is 0.333. The lowest BCUT2D eigenvalue weighted by atomic mass is 10.1. The number of benzene rings is 1. The Morgan fingerprint density at radius 1 is 1.35 bits per heavy atom. The van der Waals surface area contributed by atoms with Gasteiger partial charge < -0.3 is 15.1 Å². The van der Waals surface area contributed by atoms with Crippen LogP contribution in [0.25, 0.3) is 0 Å². The molecule has 0 unspecified atom stereocenters. The van der Waals surface area contributed by atoms with E-state index in [0.29, 0.717) is 26.2 Å². The van der Waals surface area contributed by atoms with Crippen molar-refractivity contribution in [3.63, 3.8) is 0 Å². The summed E-state index contributed by atoms with van der Waals surface area (Å²) in [6.45, 7) is 5.02. The van der Waals surface area contributed by atoms with E-state index in [4.69, 9.17) is 11.6 Å². The molecule has 124 valence electrons. The predicted octanol–water partition coefficient (Wildman–Crippen LogP) is 2.75. The fourth-order valence-electron chi connectivity index (χ4n) is 2.44. The lowest BCUT2D eigenvalue weighted by molar-refractivity contribution is -0.127. The Morgan fingerprint density at radius 3 is 2.43 bits per heavy atom. The minimum atomic E-state index is -0.608. The Kier molecular flexibility index (Phi) is 5.64. The zero-order valence-corrected chi connectivity index (χ0v) is 14.9. The van der Waals surface area contributed by atoms with Crippen LogP contribution in [0, 0.1) is 5.82 Å². The van der Waals surface area contributed by atoms with Crippen LogP contribution < -0.4 is 5.32 Å². The summed E-state index contributed by atoms with van der Waals surface area (Å²) in [5.41, 5.74) is 0.262. The largest absolute Gasteiger partial charge is 0.385 e. The Labute approximate surface area is 147 Å². The van der Waals surface area contributed by atoms with Crippen LogP contribution in [0.4, 0.5) is 10.1 Å². The molecule has 2 rings (SSSR count). The number of hydrogen-bond donors (Lipinski definition) is 1. The first-order chi connectivity index (χ1) is 10.9. The third kappa shape index (κ3) is 3.50. The van der Waals surface area contributed by atoms with Gasteiger partial charge in [-0.2, -0.15) is 0 Å². The van der Waals surface area contributed by atoms with Crippen LogP contribution in [0.5, 0.6) is 0 Å². The summed E-state index contributed by atoms with van der Waals surface area (Å²) in [5.74, 6) is -1.09. The van der Waals surface area contributed by atoms with E-state index in [9.17, 15) is 14.0 Å². The quantitative estimate of drug-likeness (QED) is 0.622. The van der Waals surface area contributed by atoms with Crippen LogP contribution >= 0.6 is 27.5 Å². The molecule has 2 amide bonds. The minimum Gasteiger partial charge on any atom is -0.385 e. The highest BCUT2D eigenvalue weighted by Gasteiger charge is 2.27. The zero-order chi connectivity index (χ0) is 17.1. The Hall–Kier alpha value is -1.60. The number of amides is 2. The van der Waals surface area contributed by atoms with Gasteiger partial charge >= 0.3 is 0 Å². The molecular weight excluding hydrogens is 389 g/mol. The molecule has 5 nitrogen and oxygen atoms in total. The normalized spacial score (nSPS) is 14.6. The Bertz CT molecular complexity index is 661. The first-order valence-corrected chi connectivity index (χ1v) is 8.13. The smallest absolute Gasteiger partial charge is 0.256 e. The number of carbonyl (C=O) groups excluding carboxylic acids is 2. The molecule has 1 aliphatic rings. The summed E-state index contributed by atoms with van der Waals surface area (Å²) < 4.78 is 14.3. The van der Waals surface area contributed by atoms with Gasteiger partial charge in [-0.05, 0) is 28.1 Å². The molecule has 0 atom stereocenters. The van der Waals surface area contributed by atoms with Gasteiger partial charge in [0.15, 0.2) is 5.82 Å². The van der Waals surface area contributed by atoms with Crippen molar-refractivity contribution in [2.24, 2.45) is 0 Å². The van der Waals surface area contributed by atoms with E-state index < -0.39 is 5.82 Å². The second-order valence-corrected chi connectivity index (χ2v) is 6.18. The van der Waals surface area contributed by atoms with E-state index in [2.05, 4.69) is 27.8 Å². The lowest BCUT2D eigenvalue weighted by Gasteiger charge is -2.34. The van der Waals surface area contributed by atoms with E-state index in [-0.39, 0.29) is 32.6 Å². The molecule has 1 heterocycles. The van der Waals surface area contributed by atoms with Crippen molar-refractivity contribution >= 4 is 45.0 Å². The average Bonchev–Trinajstić information content (AvgIpc) is 2.58. The first kappa shape index (κ1) is 17.7. The molecule has 1 fully saturated rings. The first-order valence-electron chi connectivity index (χ1n) is 6.96. The summed E-state index contributed by atoms with van der Waals surface area (Å²) in [7, 11) is 1.54. The van der Waals surface area contributed by atoms with Crippen LogP contribution in [0.1, 0.15) is 10.4 Å². The summed E-state index contributed by atoms with van der Waals surface area (Å²) >= 11 is 9.02. The number of anilines is 1. The molecule has 0 aromatic heterocycles. The van der Waals surface area contributed by atoms with E-state index in [1.54, 1.807) is 9.80 Å². The van der Waals surface area contributed by atoms with Crippen molar-refractivity contribution in [2.75, 3.05) is 38.5 Å². The van der Waals surface area contributed by atoms with Gasteiger partial charge in [-0.25, -0.2) is 4.39 Å². The van der Waals surface area contributed by atoms with Gasteiger partial charge in [0.05, 0.1) is 20.7 Å². The molecule has 1 saturated heterocycles. The van der Waals surface area contributed by atoms with Gasteiger partial charge in [0.25, 0.3) is 5.91 Å². The second-order valence-electron chi connectivity index (χ2n) is 4.98. The summed E-state index contributed by atoms with van der Waals surface area (Å²) in [6.07, 6.45) is 1.25. The van der Waals surface area contributed by atoms with Crippen molar-refractivity contribution in [2.45, 2.75) is 0 Å². The molecule has 0 aliphatic carbocycles. The molecule has 0 saturated carbocycles.